The number of carbonyl (C=O) groups excluding carboxylic acids is 1. The van der Waals surface area contributed by atoms with Gasteiger partial charge in [0.05, 0.1) is 12.1 Å². The molecular formula is C22H24BrN5O2. The van der Waals surface area contributed by atoms with E-state index in [4.69, 9.17) is 0 Å². The summed E-state index contributed by atoms with van der Waals surface area (Å²) in [7, 11) is 0. The first-order valence-corrected chi connectivity index (χ1v) is 10.8. The van der Waals surface area contributed by atoms with Crippen molar-refractivity contribution < 1.29 is 9.90 Å². The molecule has 156 valence electrons. The number of aromatic amines is 1. The normalized spacial score (nSPS) is 15.9. The zero-order valence-corrected chi connectivity index (χ0v) is 18.1. The van der Waals surface area contributed by atoms with E-state index in [1.54, 1.807) is 0 Å². The Labute approximate surface area is 183 Å². The van der Waals surface area contributed by atoms with Crippen molar-refractivity contribution in [2.24, 2.45) is 10.2 Å². The molecule has 1 amide bonds. The van der Waals surface area contributed by atoms with Gasteiger partial charge in [0.25, 0.3) is 5.91 Å². The van der Waals surface area contributed by atoms with Crippen LogP contribution in [-0.4, -0.2) is 46.6 Å². The van der Waals surface area contributed by atoms with Gasteiger partial charge in [0.15, 0.2) is 5.69 Å². The van der Waals surface area contributed by atoms with E-state index in [0.717, 1.165) is 42.5 Å². The second-order valence-corrected chi connectivity index (χ2v) is 8.44. The molecular weight excluding hydrogens is 446 g/mol. The number of halogens is 1. The Morgan fingerprint density at radius 1 is 1.20 bits per heavy atom. The number of azo groups is 1. The van der Waals surface area contributed by atoms with Crippen LogP contribution in [0.2, 0.25) is 0 Å². The Bertz CT molecular complexity index is 1040. The van der Waals surface area contributed by atoms with Gasteiger partial charge in [-0.2, -0.15) is 0 Å². The average Bonchev–Trinajstić information content (AvgIpc) is 3.06. The van der Waals surface area contributed by atoms with Gasteiger partial charge in [0.1, 0.15) is 0 Å². The van der Waals surface area contributed by atoms with Gasteiger partial charge in [-0.05, 0) is 49.7 Å². The first kappa shape index (κ1) is 20.7. The highest BCUT2D eigenvalue weighted by molar-refractivity contribution is 9.10. The fourth-order valence-electron chi connectivity index (χ4n) is 3.75. The molecule has 0 bridgehead atoms. The molecule has 3 aromatic rings. The average molecular weight is 470 g/mol. The summed E-state index contributed by atoms with van der Waals surface area (Å²) in [5.74, 6) is -0.455. The maximum Gasteiger partial charge on any atom is 0.278 e. The van der Waals surface area contributed by atoms with Gasteiger partial charge >= 0.3 is 0 Å². The lowest BCUT2D eigenvalue weighted by molar-refractivity contribution is -0.117. The molecule has 1 fully saturated rings. The zero-order chi connectivity index (χ0) is 20.9. The summed E-state index contributed by atoms with van der Waals surface area (Å²) in [6.07, 6.45) is 1.99. The number of aromatic nitrogens is 1. The second-order valence-electron chi connectivity index (χ2n) is 7.52. The summed E-state index contributed by atoms with van der Waals surface area (Å²) < 4.78 is 0.858. The quantitative estimate of drug-likeness (QED) is 0.463. The number of H-pyrrole nitrogens is 1. The van der Waals surface area contributed by atoms with E-state index in [0.29, 0.717) is 11.4 Å². The third-order valence-corrected chi connectivity index (χ3v) is 5.85. The molecule has 0 unspecified atom stereocenters. The summed E-state index contributed by atoms with van der Waals surface area (Å²) in [4.78, 5) is 17.4. The number of aromatic hydroxyl groups is 1. The molecule has 0 aliphatic carbocycles. The van der Waals surface area contributed by atoms with Crippen molar-refractivity contribution in [3.05, 3.63) is 58.6 Å². The molecule has 1 aromatic heterocycles. The van der Waals surface area contributed by atoms with E-state index < -0.39 is 0 Å². The van der Waals surface area contributed by atoms with Gasteiger partial charge in [-0.1, -0.05) is 46.3 Å². The van der Waals surface area contributed by atoms with E-state index in [1.165, 1.54) is 5.56 Å². The summed E-state index contributed by atoms with van der Waals surface area (Å²) in [6.45, 7) is 3.10. The van der Waals surface area contributed by atoms with Crippen molar-refractivity contribution in [3.8, 4) is 5.88 Å². The molecule has 2 aromatic carbocycles. The largest absolute Gasteiger partial charge is 0.493 e. The number of rotatable bonds is 6. The number of hydrogen-bond donors (Lipinski definition) is 3. The summed E-state index contributed by atoms with van der Waals surface area (Å²) in [5.41, 5.74) is 2.33. The van der Waals surface area contributed by atoms with Crippen LogP contribution in [0.15, 0.2) is 63.2 Å². The minimum atomic E-state index is -0.356. The van der Waals surface area contributed by atoms with E-state index in [2.05, 4.69) is 65.6 Å². The van der Waals surface area contributed by atoms with Gasteiger partial charge in [-0.15, -0.1) is 10.2 Å². The number of piperidine rings is 1. The summed E-state index contributed by atoms with van der Waals surface area (Å²) >= 11 is 3.40. The maximum absolute atomic E-state index is 12.2. The molecule has 8 heteroatoms. The number of amides is 1. The molecule has 1 saturated heterocycles. The van der Waals surface area contributed by atoms with Gasteiger partial charge < -0.3 is 15.4 Å². The minimum absolute atomic E-state index is 0.0987. The molecule has 1 aliphatic rings. The van der Waals surface area contributed by atoms with Crippen LogP contribution in [0.25, 0.3) is 10.9 Å². The van der Waals surface area contributed by atoms with Crippen molar-refractivity contribution in [1.82, 2.24) is 15.2 Å². The lowest BCUT2D eigenvalue weighted by Gasteiger charge is -2.32. The zero-order valence-electron chi connectivity index (χ0n) is 16.5. The Hall–Kier alpha value is -2.55. The predicted octanol–water partition coefficient (Wildman–Crippen LogP) is 4.50. The number of fused-ring (bicyclic) bond motifs is 1. The van der Waals surface area contributed by atoms with Crippen LogP contribution < -0.4 is 5.32 Å². The Kier molecular flexibility index (Phi) is 6.56. The highest BCUT2D eigenvalue weighted by atomic mass is 79.9. The SMILES string of the molecule is O=C(CNC1CCN(Cc2ccccc2)CC1)N=Nc1c(O)[nH]c2ccc(Br)cc12. The fraction of sp³-hybridized carbons (Fsp3) is 0.318. The van der Waals surface area contributed by atoms with E-state index in [-0.39, 0.29) is 24.0 Å². The van der Waals surface area contributed by atoms with Crippen molar-refractivity contribution in [1.29, 1.82) is 0 Å². The molecule has 0 atom stereocenters. The number of carbonyl (C=O) groups is 1. The summed E-state index contributed by atoms with van der Waals surface area (Å²) in [5, 5.41) is 21.8. The Morgan fingerprint density at radius 2 is 1.97 bits per heavy atom. The molecule has 7 nitrogen and oxygen atoms in total. The number of likely N-dealkylation sites (tertiary alicyclic amines) is 1. The summed E-state index contributed by atoms with van der Waals surface area (Å²) in [6, 6.07) is 16.3. The standard InChI is InChI=1S/C22H24BrN5O2/c23-16-6-7-19-18(12-16)21(22(30)25-19)27-26-20(29)13-24-17-8-10-28(11-9-17)14-15-4-2-1-3-5-15/h1-7,12,17,24-25,30H,8-11,13-14H2. The lowest BCUT2D eigenvalue weighted by atomic mass is 10.0. The van der Waals surface area contributed by atoms with Crippen LogP contribution in [0.5, 0.6) is 5.88 Å². The first-order chi connectivity index (χ1) is 14.6. The number of benzene rings is 2. The number of hydrogen-bond acceptors (Lipinski definition) is 5. The predicted molar refractivity (Wildman–Crippen MR) is 120 cm³/mol. The highest BCUT2D eigenvalue weighted by Gasteiger charge is 2.19. The third kappa shape index (κ3) is 5.13. The van der Waals surface area contributed by atoms with Crippen LogP contribution >= 0.6 is 15.9 Å². The first-order valence-electron chi connectivity index (χ1n) is 10.0. The van der Waals surface area contributed by atoms with Crippen LogP contribution in [0.1, 0.15) is 18.4 Å². The van der Waals surface area contributed by atoms with Crippen LogP contribution in [-0.2, 0) is 11.3 Å². The second kappa shape index (κ2) is 9.51. The van der Waals surface area contributed by atoms with E-state index in [9.17, 15) is 9.90 Å². The molecule has 4 rings (SSSR count). The monoisotopic (exact) mass is 469 g/mol. The van der Waals surface area contributed by atoms with Gasteiger partial charge in [0, 0.05) is 22.4 Å². The molecule has 0 radical (unpaired) electrons. The minimum Gasteiger partial charge on any atom is -0.493 e. The lowest BCUT2D eigenvalue weighted by Crippen LogP contribution is -2.43. The van der Waals surface area contributed by atoms with Crippen molar-refractivity contribution in [3.63, 3.8) is 0 Å². The highest BCUT2D eigenvalue weighted by Crippen LogP contribution is 2.36. The molecule has 3 N–H and O–H groups in total. The topological polar surface area (TPSA) is 93.1 Å². The van der Waals surface area contributed by atoms with Crippen LogP contribution in [0.3, 0.4) is 0 Å². The number of nitrogens with zero attached hydrogens (tertiary/aromatic N) is 3. The molecule has 30 heavy (non-hydrogen) atoms. The fourth-order valence-corrected chi connectivity index (χ4v) is 4.11. The molecule has 2 heterocycles. The van der Waals surface area contributed by atoms with Crippen molar-refractivity contribution in [2.75, 3.05) is 19.6 Å². The van der Waals surface area contributed by atoms with Gasteiger partial charge in [-0.25, -0.2) is 0 Å². The van der Waals surface area contributed by atoms with E-state index >= 15 is 0 Å². The van der Waals surface area contributed by atoms with Crippen molar-refractivity contribution in [2.45, 2.75) is 25.4 Å². The maximum atomic E-state index is 12.2. The van der Waals surface area contributed by atoms with Crippen LogP contribution in [0.4, 0.5) is 5.69 Å². The van der Waals surface area contributed by atoms with Crippen molar-refractivity contribution >= 4 is 38.4 Å². The van der Waals surface area contributed by atoms with Crippen LogP contribution in [0, 0.1) is 0 Å². The number of nitrogens with one attached hydrogen (secondary N) is 2. The van der Waals surface area contributed by atoms with Gasteiger partial charge in [0.2, 0.25) is 5.88 Å². The smallest absolute Gasteiger partial charge is 0.278 e. The Balaban J connectivity index is 1.26. The molecule has 0 saturated carbocycles. The third-order valence-electron chi connectivity index (χ3n) is 5.35. The van der Waals surface area contributed by atoms with E-state index in [1.807, 2.05) is 24.3 Å². The Morgan fingerprint density at radius 3 is 2.73 bits per heavy atom. The van der Waals surface area contributed by atoms with Gasteiger partial charge in [-0.3, -0.25) is 9.69 Å². The molecule has 1 aliphatic heterocycles. The molecule has 0 spiro atoms.